The molecule has 2 aromatic rings. The number of aryl methyl sites for hydroxylation is 3. The summed E-state index contributed by atoms with van der Waals surface area (Å²) >= 11 is 0. The molecule has 0 atom stereocenters. The molecule has 0 aliphatic rings. The van der Waals surface area contributed by atoms with E-state index in [0.717, 1.165) is 17.0 Å². The highest BCUT2D eigenvalue weighted by atomic mass is 16.5. The fourth-order valence-electron chi connectivity index (χ4n) is 1.50. The second-order valence-electron chi connectivity index (χ2n) is 3.82. The monoisotopic (exact) mass is 233 g/mol. The van der Waals surface area contributed by atoms with Crippen molar-refractivity contribution in [3.05, 3.63) is 29.2 Å². The summed E-state index contributed by atoms with van der Waals surface area (Å²) in [4.78, 5) is 8.34. The molecule has 2 heterocycles. The zero-order chi connectivity index (χ0) is 12.4. The quantitative estimate of drug-likeness (QED) is 0.858. The van der Waals surface area contributed by atoms with Crippen LogP contribution in [-0.4, -0.2) is 19.7 Å². The molecule has 2 aromatic heterocycles. The average Bonchev–Trinajstić information content (AvgIpc) is 2.58. The van der Waals surface area contributed by atoms with Gasteiger partial charge in [0.2, 0.25) is 5.88 Å². The molecule has 6 heteroatoms. The molecule has 0 unspecified atom stereocenters. The van der Waals surface area contributed by atoms with E-state index in [1.807, 2.05) is 27.0 Å². The second-order valence-corrected chi connectivity index (χ2v) is 3.82. The highest BCUT2D eigenvalue weighted by Gasteiger charge is 2.08. The van der Waals surface area contributed by atoms with Gasteiger partial charge < -0.3 is 10.5 Å². The summed E-state index contributed by atoms with van der Waals surface area (Å²) in [6.07, 6.45) is 1.68. The van der Waals surface area contributed by atoms with E-state index in [-0.39, 0.29) is 0 Å². The highest BCUT2D eigenvalue weighted by molar-refractivity contribution is 5.21. The number of ether oxygens (including phenoxy) is 1. The van der Waals surface area contributed by atoms with Gasteiger partial charge in [-0.05, 0) is 13.8 Å². The molecule has 2 rings (SSSR count). The van der Waals surface area contributed by atoms with Gasteiger partial charge in [0.1, 0.15) is 0 Å². The van der Waals surface area contributed by atoms with Crippen LogP contribution >= 0.6 is 0 Å². The number of aromatic nitrogens is 4. The Hall–Kier alpha value is -1.95. The van der Waals surface area contributed by atoms with Crippen LogP contribution in [0.1, 0.15) is 17.0 Å². The second kappa shape index (κ2) is 4.50. The number of nitrogens with two attached hydrogens (primary N) is 1. The first-order valence-corrected chi connectivity index (χ1v) is 5.31. The maximum Gasteiger partial charge on any atom is 0.323 e. The van der Waals surface area contributed by atoms with Crippen LogP contribution in [0.4, 0.5) is 0 Å². The van der Waals surface area contributed by atoms with Gasteiger partial charge in [-0.1, -0.05) is 0 Å². The van der Waals surface area contributed by atoms with Crippen molar-refractivity contribution in [3.63, 3.8) is 0 Å². The third-order valence-corrected chi connectivity index (χ3v) is 2.43. The maximum absolute atomic E-state index is 5.55. The zero-order valence-electron chi connectivity index (χ0n) is 10.1. The molecule has 17 heavy (non-hydrogen) atoms. The van der Waals surface area contributed by atoms with Crippen LogP contribution in [0.25, 0.3) is 0 Å². The number of hydrogen-bond acceptors (Lipinski definition) is 5. The van der Waals surface area contributed by atoms with Crippen LogP contribution in [0, 0.1) is 13.8 Å². The van der Waals surface area contributed by atoms with Crippen molar-refractivity contribution in [1.29, 1.82) is 0 Å². The van der Waals surface area contributed by atoms with Crippen molar-refractivity contribution >= 4 is 0 Å². The minimum atomic E-state index is 0.308. The summed E-state index contributed by atoms with van der Waals surface area (Å²) in [7, 11) is 1.81. The molecule has 0 bridgehead atoms. The lowest BCUT2D eigenvalue weighted by Gasteiger charge is -2.06. The number of hydrogen-bond donors (Lipinski definition) is 1. The molecule has 0 amide bonds. The summed E-state index contributed by atoms with van der Waals surface area (Å²) in [5.41, 5.74) is 8.18. The molecular weight excluding hydrogens is 218 g/mol. The molecule has 0 aliphatic heterocycles. The molecule has 90 valence electrons. The first kappa shape index (κ1) is 11.5. The van der Waals surface area contributed by atoms with Gasteiger partial charge in [0, 0.05) is 37.1 Å². The molecular formula is C11H15N5O. The maximum atomic E-state index is 5.55. The summed E-state index contributed by atoms with van der Waals surface area (Å²) in [5.74, 6) is 0.613. The highest BCUT2D eigenvalue weighted by Crippen LogP contribution is 2.18. The van der Waals surface area contributed by atoms with Crippen LogP contribution in [0.3, 0.4) is 0 Å². The zero-order valence-corrected chi connectivity index (χ0v) is 10.1. The van der Waals surface area contributed by atoms with Crippen LogP contribution in [0.15, 0.2) is 12.3 Å². The van der Waals surface area contributed by atoms with E-state index in [9.17, 15) is 0 Å². The van der Waals surface area contributed by atoms with Gasteiger partial charge in [0.25, 0.3) is 0 Å². The average molecular weight is 233 g/mol. The molecule has 0 spiro atoms. The van der Waals surface area contributed by atoms with Crippen LogP contribution < -0.4 is 10.5 Å². The third kappa shape index (κ3) is 2.42. The first-order valence-electron chi connectivity index (χ1n) is 5.31. The van der Waals surface area contributed by atoms with Crippen LogP contribution in [0.5, 0.6) is 11.9 Å². The van der Waals surface area contributed by atoms with E-state index in [1.165, 1.54) is 0 Å². The van der Waals surface area contributed by atoms with Crippen molar-refractivity contribution in [1.82, 2.24) is 19.7 Å². The van der Waals surface area contributed by atoms with Gasteiger partial charge in [-0.2, -0.15) is 10.1 Å². The van der Waals surface area contributed by atoms with Gasteiger partial charge in [0.05, 0.1) is 5.69 Å². The molecule has 6 nitrogen and oxygen atoms in total. The topological polar surface area (TPSA) is 78.9 Å². The van der Waals surface area contributed by atoms with E-state index in [4.69, 9.17) is 10.5 Å². The fraction of sp³-hybridized carbons (Fsp3) is 0.364. The normalized spacial score (nSPS) is 10.6. The smallest absolute Gasteiger partial charge is 0.323 e. The molecule has 0 saturated heterocycles. The lowest BCUT2D eigenvalue weighted by atomic mass is 10.2. The van der Waals surface area contributed by atoms with E-state index in [0.29, 0.717) is 18.4 Å². The molecule has 0 radical (unpaired) electrons. The summed E-state index contributed by atoms with van der Waals surface area (Å²) < 4.78 is 7.19. The van der Waals surface area contributed by atoms with E-state index in [2.05, 4.69) is 15.1 Å². The minimum Gasteiger partial charge on any atom is -0.405 e. The van der Waals surface area contributed by atoms with Gasteiger partial charge in [-0.3, -0.25) is 0 Å². The Labute approximate surface area is 99.4 Å². The predicted molar refractivity (Wildman–Crippen MR) is 62.7 cm³/mol. The lowest BCUT2D eigenvalue weighted by molar-refractivity contribution is 0.397. The lowest BCUT2D eigenvalue weighted by Crippen LogP contribution is -2.04. The van der Waals surface area contributed by atoms with Crippen molar-refractivity contribution in [2.24, 2.45) is 12.8 Å². The van der Waals surface area contributed by atoms with E-state index in [1.54, 1.807) is 10.9 Å². The summed E-state index contributed by atoms with van der Waals surface area (Å²) in [5, 5.41) is 4.18. The van der Waals surface area contributed by atoms with E-state index < -0.39 is 0 Å². The largest absolute Gasteiger partial charge is 0.405 e. The van der Waals surface area contributed by atoms with Gasteiger partial charge in [-0.25, -0.2) is 9.67 Å². The van der Waals surface area contributed by atoms with Crippen molar-refractivity contribution in [2.75, 3.05) is 0 Å². The predicted octanol–water partition coefficient (Wildman–Crippen LogP) is 1.08. The standard InChI is InChI=1S/C11H15N5O/c1-7-4-10(16(3)15-7)17-11-13-6-9(5-12)8(2)14-11/h4,6H,5,12H2,1-3H3. The third-order valence-electron chi connectivity index (χ3n) is 2.43. The van der Waals surface area contributed by atoms with Crippen molar-refractivity contribution < 1.29 is 4.74 Å². The molecule has 0 fully saturated rings. The Morgan fingerprint density at radius 2 is 2.18 bits per heavy atom. The Kier molecular flexibility index (Phi) is 3.06. The Balaban J connectivity index is 2.24. The Morgan fingerprint density at radius 1 is 1.41 bits per heavy atom. The molecule has 2 N–H and O–H groups in total. The Bertz CT molecular complexity index is 535. The summed E-state index contributed by atoms with van der Waals surface area (Å²) in [6.45, 7) is 4.21. The van der Waals surface area contributed by atoms with Gasteiger partial charge in [0.15, 0.2) is 0 Å². The van der Waals surface area contributed by atoms with Gasteiger partial charge >= 0.3 is 6.01 Å². The van der Waals surface area contributed by atoms with Crippen molar-refractivity contribution in [2.45, 2.75) is 20.4 Å². The minimum absolute atomic E-state index is 0.308. The van der Waals surface area contributed by atoms with Crippen LogP contribution in [0.2, 0.25) is 0 Å². The number of rotatable bonds is 3. The SMILES string of the molecule is Cc1cc(Oc2ncc(CN)c(C)n2)n(C)n1. The Morgan fingerprint density at radius 3 is 2.71 bits per heavy atom. The molecule has 0 saturated carbocycles. The van der Waals surface area contributed by atoms with Crippen molar-refractivity contribution in [3.8, 4) is 11.9 Å². The molecule has 0 aliphatic carbocycles. The van der Waals surface area contributed by atoms with Crippen LogP contribution in [-0.2, 0) is 13.6 Å². The van der Waals surface area contributed by atoms with E-state index >= 15 is 0 Å². The first-order chi connectivity index (χ1) is 8.10. The number of nitrogens with zero attached hydrogens (tertiary/aromatic N) is 4. The summed E-state index contributed by atoms with van der Waals surface area (Å²) in [6, 6.07) is 2.14. The fourth-order valence-corrected chi connectivity index (χ4v) is 1.50. The van der Waals surface area contributed by atoms with Gasteiger partial charge in [-0.15, -0.1) is 0 Å². The molecule has 0 aromatic carbocycles.